The summed E-state index contributed by atoms with van der Waals surface area (Å²) in [6.45, 7) is 0. The number of methoxy groups -OCH3 is 2. The molecule has 2 aromatic heterocycles. The molecule has 0 aliphatic heterocycles. The topological polar surface area (TPSA) is 72.1 Å². The SMILES string of the molecule is COc1cc2[nH]c3c(Nc4cccc(C(F)(F)F)c4)ncnc3c2cc1OC. The van der Waals surface area contributed by atoms with Gasteiger partial charge in [0.25, 0.3) is 0 Å². The average molecular weight is 388 g/mol. The van der Waals surface area contributed by atoms with Crippen molar-refractivity contribution in [3.8, 4) is 11.5 Å². The first-order valence-electron chi connectivity index (χ1n) is 8.23. The highest BCUT2D eigenvalue weighted by molar-refractivity contribution is 6.09. The van der Waals surface area contributed by atoms with Crippen LogP contribution in [0.1, 0.15) is 5.56 Å². The Balaban J connectivity index is 1.82. The Morgan fingerprint density at radius 3 is 2.46 bits per heavy atom. The van der Waals surface area contributed by atoms with Gasteiger partial charge in [-0.25, -0.2) is 9.97 Å². The minimum absolute atomic E-state index is 0.267. The van der Waals surface area contributed by atoms with Crippen molar-refractivity contribution < 1.29 is 22.6 Å². The standard InChI is InChI=1S/C19H15F3N4O2/c1-27-14-7-12-13(8-15(14)28-2)26-17-16(12)23-9-24-18(17)25-11-5-3-4-10(6-11)19(20,21)22/h3-9,26H,1-2H3,(H,23,24,25). The van der Waals surface area contributed by atoms with Gasteiger partial charge in [-0.05, 0) is 24.3 Å². The van der Waals surface area contributed by atoms with E-state index in [2.05, 4.69) is 20.3 Å². The van der Waals surface area contributed by atoms with Gasteiger partial charge in [-0.3, -0.25) is 0 Å². The van der Waals surface area contributed by atoms with Crippen LogP contribution in [0.5, 0.6) is 11.5 Å². The third-order valence-corrected chi connectivity index (χ3v) is 4.34. The molecule has 0 fully saturated rings. The predicted molar refractivity (Wildman–Crippen MR) is 99.2 cm³/mol. The van der Waals surface area contributed by atoms with E-state index in [1.165, 1.54) is 32.7 Å². The highest BCUT2D eigenvalue weighted by Crippen LogP contribution is 2.37. The Bertz CT molecular complexity index is 1170. The number of nitrogens with zero attached hydrogens (tertiary/aromatic N) is 2. The monoisotopic (exact) mass is 388 g/mol. The number of aromatic amines is 1. The number of hydrogen-bond donors (Lipinski definition) is 2. The summed E-state index contributed by atoms with van der Waals surface area (Å²) < 4.78 is 49.5. The molecule has 9 heteroatoms. The van der Waals surface area contributed by atoms with E-state index in [1.807, 2.05) is 0 Å². The van der Waals surface area contributed by atoms with Crippen LogP contribution in [0.2, 0.25) is 0 Å². The number of hydrogen-bond acceptors (Lipinski definition) is 5. The molecule has 0 aliphatic rings. The molecule has 6 nitrogen and oxygen atoms in total. The summed E-state index contributed by atoms with van der Waals surface area (Å²) in [5.74, 6) is 1.45. The van der Waals surface area contributed by atoms with Crippen molar-refractivity contribution in [3.05, 3.63) is 48.3 Å². The van der Waals surface area contributed by atoms with Gasteiger partial charge in [0.2, 0.25) is 0 Å². The Kier molecular flexibility index (Phi) is 4.21. The second kappa shape index (κ2) is 6.59. The lowest BCUT2D eigenvalue weighted by atomic mass is 10.2. The number of halogens is 3. The fourth-order valence-corrected chi connectivity index (χ4v) is 3.03. The van der Waals surface area contributed by atoms with E-state index in [-0.39, 0.29) is 5.69 Å². The minimum Gasteiger partial charge on any atom is -0.493 e. The first-order valence-corrected chi connectivity index (χ1v) is 8.23. The molecule has 0 amide bonds. The predicted octanol–water partition coefficient (Wildman–Crippen LogP) is 4.89. The number of anilines is 2. The van der Waals surface area contributed by atoms with Crippen LogP contribution in [0.3, 0.4) is 0 Å². The average Bonchev–Trinajstić information content (AvgIpc) is 3.05. The Morgan fingerprint density at radius 1 is 1.00 bits per heavy atom. The van der Waals surface area contributed by atoms with E-state index in [9.17, 15) is 13.2 Å². The molecule has 0 saturated carbocycles. The van der Waals surface area contributed by atoms with Crippen LogP contribution in [0.25, 0.3) is 21.9 Å². The smallest absolute Gasteiger partial charge is 0.416 e. The Hall–Kier alpha value is -3.49. The largest absolute Gasteiger partial charge is 0.493 e. The second-order valence-corrected chi connectivity index (χ2v) is 6.03. The summed E-state index contributed by atoms with van der Waals surface area (Å²) in [5, 5.41) is 3.71. The van der Waals surface area contributed by atoms with Crippen LogP contribution < -0.4 is 14.8 Å². The molecular weight excluding hydrogens is 373 g/mol. The Morgan fingerprint density at radius 2 is 1.75 bits per heavy atom. The quantitative estimate of drug-likeness (QED) is 0.521. The van der Waals surface area contributed by atoms with Crippen molar-refractivity contribution in [3.63, 3.8) is 0 Å². The second-order valence-electron chi connectivity index (χ2n) is 6.03. The van der Waals surface area contributed by atoms with Crippen LogP contribution in [0, 0.1) is 0 Å². The molecule has 4 aromatic rings. The van der Waals surface area contributed by atoms with E-state index in [0.29, 0.717) is 28.4 Å². The highest BCUT2D eigenvalue weighted by Gasteiger charge is 2.30. The van der Waals surface area contributed by atoms with Gasteiger partial charge in [-0.15, -0.1) is 0 Å². The summed E-state index contributed by atoms with van der Waals surface area (Å²) in [5.41, 5.74) is 1.43. The molecule has 0 unspecified atom stereocenters. The zero-order valence-corrected chi connectivity index (χ0v) is 14.9. The van der Waals surface area contributed by atoms with Crippen molar-refractivity contribution in [1.82, 2.24) is 15.0 Å². The van der Waals surface area contributed by atoms with Crippen LogP contribution in [-0.2, 0) is 6.18 Å². The lowest BCUT2D eigenvalue weighted by Crippen LogP contribution is -2.05. The number of ether oxygens (including phenoxy) is 2. The summed E-state index contributed by atoms with van der Waals surface area (Å²) in [6.07, 6.45) is -3.07. The summed E-state index contributed by atoms with van der Waals surface area (Å²) in [7, 11) is 3.07. The van der Waals surface area contributed by atoms with Gasteiger partial charge in [-0.2, -0.15) is 13.2 Å². The van der Waals surface area contributed by atoms with Crippen LogP contribution in [-0.4, -0.2) is 29.2 Å². The lowest BCUT2D eigenvalue weighted by Gasteiger charge is -2.10. The molecule has 28 heavy (non-hydrogen) atoms. The van der Waals surface area contributed by atoms with Crippen LogP contribution in [0.4, 0.5) is 24.7 Å². The fourth-order valence-electron chi connectivity index (χ4n) is 3.03. The van der Waals surface area contributed by atoms with Gasteiger partial charge in [0.15, 0.2) is 17.3 Å². The van der Waals surface area contributed by atoms with Crippen LogP contribution >= 0.6 is 0 Å². The summed E-state index contributed by atoms with van der Waals surface area (Å²) in [6, 6.07) is 8.48. The number of rotatable bonds is 4. The first kappa shape index (κ1) is 17.9. The summed E-state index contributed by atoms with van der Waals surface area (Å²) >= 11 is 0. The molecule has 4 rings (SSSR count). The highest BCUT2D eigenvalue weighted by atomic mass is 19.4. The summed E-state index contributed by atoms with van der Waals surface area (Å²) in [4.78, 5) is 11.7. The lowest BCUT2D eigenvalue weighted by molar-refractivity contribution is -0.137. The molecule has 144 valence electrons. The van der Waals surface area contributed by atoms with Crippen molar-refractivity contribution >= 4 is 33.4 Å². The molecule has 0 bridgehead atoms. The van der Waals surface area contributed by atoms with Gasteiger partial charge < -0.3 is 19.8 Å². The number of aromatic nitrogens is 3. The van der Waals surface area contributed by atoms with E-state index in [0.717, 1.165) is 23.0 Å². The van der Waals surface area contributed by atoms with Crippen molar-refractivity contribution in [2.75, 3.05) is 19.5 Å². The van der Waals surface area contributed by atoms with Crippen molar-refractivity contribution in [2.45, 2.75) is 6.18 Å². The van der Waals surface area contributed by atoms with Gasteiger partial charge >= 0.3 is 6.18 Å². The van der Waals surface area contributed by atoms with Crippen LogP contribution in [0.15, 0.2) is 42.7 Å². The van der Waals surface area contributed by atoms with Crippen molar-refractivity contribution in [2.24, 2.45) is 0 Å². The molecule has 2 aromatic carbocycles. The molecule has 0 radical (unpaired) electrons. The van der Waals surface area contributed by atoms with Gasteiger partial charge in [0.1, 0.15) is 17.4 Å². The van der Waals surface area contributed by atoms with Gasteiger partial charge in [-0.1, -0.05) is 6.07 Å². The van der Waals surface area contributed by atoms with E-state index >= 15 is 0 Å². The zero-order chi connectivity index (χ0) is 19.9. The fraction of sp³-hybridized carbons (Fsp3) is 0.158. The first-order chi connectivity index (χ1) is 13.4. The van der Waals surface area contributed by atoms with E-state index in [4.69, 9.17) is 9.47 Å². The number of fused-ring (bicyclic) bond motifs is 3. The number of nitrogens with one attached hydrogen (secondary N) is 2. The third-order valence-electron chi connectivity index (χ3n) is 4.34. The maximum Gasteiger partial charge on any atom is 0.416 e. The van der Waals surface area contributed by atoms with Gasteiger partial charge in [0, 0.05) is 17.1 Å². The maximum absolute atomic E-state index is 13.0. The normalized spacial score (nSPS) is 11.8. The van der Waals surface area contributed by atoms with Gasteiger partial charge in [0.05, 0.1) is 25.3 Å². The molecule has 2 heterocycles. The molecule has 2 N–H and O–H groups in total. The maximum atomic E-state index is 13.0. The van der Waals surface area contributed by atoms with Crippen molar-refractivity contribution in [1.29, 1.82) is 0 Å². The number of H-pyrrole nitrogens is 1. The number of alkyl halides is 3. The Labute approximate surface area is 157 Å². The molecule has 0 atom stereocenters. The van der Waals surface area contributed by atoms with E-state index < -0.39 is 11.7 Å². The molecule has 0 aliphatic carbocycles. The third kappa shape index (κ3) is 3.04. The molecule has 0 saturated heterocycles. The molecular formula is C19H15F3N4O2. The molecule has 0 spiro atoms. The minimum atomic E-state index is -4.42. The number of benzene rings is 2. The van der Waals surface area contributed by atoms with E-state index in [1.54, 1.807) is 12.1 Å². The zero-order valence-electron chi connectivity index (χ0n) is 14.9.